The number of benzene rings is 2. The fourth-order valence-corrected chi connectivity index (χ4v) is 3.38. The highest BCUT2D eigenvalue weighted by Gasteiger charge is 2.34. The van der Waals surface area contributed by atoms with E-state index in [0.717, 1.165) is 44.1 Å². The summed E-state index contributed by atoms with van der Waals surface area (Å²) in [5, 5.41) is 6.77. The zero-order chi connectivity index (χ0) is 18.2. The predicted molar refractivity (Wildman–Crippen MR) is 118 cm³/mol. The summed E-state index contributed by atoms with van der Waals surface area (Å²) in [6.45, 7) is 2.95. The molecule has 1 heterocycles. The van der Waals surface area contributed by atoms with E-state index < -0.39 is 0 Å². The molecule has 1 aliphatic heterocycles. The first-order valence-electron chi connectivity index (χ1n) is 9.04. The van der Waals surface area contributed by atoms with Crippen molar-refractivity contribution in [2.75, 3.05) is 26.8 Å². The summed E-state index contributed by atoms with van der Waals surface area (Å²) in [5.74, 6) is 0.525. The van der Waals surface area contributed by atoms with Gasteiger partial charge in [-0.15, -0.1) is 24.0 Å². The maximum Gasteiger partial charge on any atom is 0.191 e. The lowest BCUT2D eigenvalue weighted by atomic mass is 9.74. The van der Waals surface area contributed by atoms with Crippen LogP contribution in [0.5, 0.6) is 0 Å². The van der Waals surface area contributed by atoms with E-state index in [4.69, 9.17) is 4.74 Å². The lowest BCUT2D eigenvalue weighted by molar-refractivity contribution is 0.0514. The van der Waals surface area contributed by atoms with Gasteiger partial charge in [0.1, 0.15) is 5.82 Å². The van der Waals surface area contributed by atoms with Crippen LogP contribution in [0, 0.1) is 5.82 Å². The van der Waals surface area contributed by atoms with Crippen LogP contribution in [0.1, 0.15) is 24.0 Å². The normalized spacial score (nSPS) is 16.3. The molecule has 0 saturated carbocycles. The summed E-state index contributed by atoms with van der Waals surface area (Å²) < 4.78 is 18.6. The number of nitrogens with one attached hydrogen (secondary N) is 2. The standard InChI is InChI=1S/C21H26FN3O.HI/c1-23-20(24-15-17-7-9-19(22)10-8-17)25-16-21(11-13-26-14-12-21)18-5-3-2-4-6-18;/h2-10H,11-16H2,1H3,(H2,23,24,25);1H. The molecule has 0 amide bonds. The number of hydrogen-bond acceptors (Lipinski definition) is 2. The summed E-state index contributed by atoms with van der Waals surface area (Å²) in [6, 6.07) is 17.1. The average molecular weight is 483 g/mol. The Kier molecular flexibility index (Phi) is 8.50. The number of hydrogen-bond donors (Lipinski definition) is 2. The van der Waals surface area contributed by atoms with Gasteiger partial charge in [0.25, 0.3) is 0 Å². The molecule has 4 nitrogen and oxygen atoms in total. The molecule has 0 aromatic heterocycles. The van der Waals surface area contributed by atoms with E-state index in [9.17, 15) is 4.39 Å². The third kappa shape index (κ3) is 5.90. The van der Waals surface area contributed by atoms with E-state index in [0.29, 0.717) is 6.54 Å². The Bertz CT molecular complexity index is 716. The Hall–Kier alpha value is -1.67. The highest BCUT2D eigenvalue weighted by Crippen LogP contribution is 2.34. The van der Waals surface area contributed by atoms with Crippen LogP contribution >= 0.6 is 24.0 Å². The summed E-state index contributed by atoms with van der Waals surface area (Å²) in [4.78, 5) is 4.32. The van der Waals surface area contributed by atoms with Crippen LogP contribution in [0.25, 0.3) is 0 Å². The first-order valence-corrected chi connectivity index (χ1v) is 9.04. The van der Waals surface area contributed by atoms with Crippen molar-refractivity contribution in [2.24, 2.45) is 4.99 Å². The van der Waals surface area contributed by atoms with E-state index in [1.165, 1.54) is 17.7 Å². The Balaban J connectivity index is 0.00000261. The van der Waals surface area contributed by atoms with Gasteiger partial charge in [-0.05, 0) is 36.1 Å². The maximum absolute atomic E-state index is 13.0. The first-order chi connectivity index (χ1) is 12.7. The summed E-state index contributed by atoms with van der Waals surface area (Å²) in [7, 11) is 1.76. The molecule has 3 rings (SSSR count). The Labute approximate surface area is 177 Å². The number of nitrogens with zero attached hydrogens (tertiary/aromatic N) is 1. The second-order valence-corrected chi connectivity index (χ2v) is 6.66. The number of halogens is 2. The van der Waals surface area contributed by atoms with Crippen molar-refractivity contribution in [3.05, 3.63) is 71.5 Å². The average Bonchev–Trinajstić information content (AvgIpc) is 2.71. The fraction of sp³-hybridized carbons (Fsp3) is 0.381. The Morgan fingerprint density at radius 3 is 2.33 bits per heavy atom. The minimum Gasteiger partial charge on any atom is -0.381 e. The number of guanidine groups is 1. The third-order valence-electron chi connectivity index (χ3n) is 5.03. The minimum absolute atomic E-state index is 0. The second kappa shape index (κ2) is 10.6. The molecule has 0 bridgehead atoms. The van der Waals surface area contributed by atoms with E-state index in [1.54, 1.807) is 19.2 Å². The van der Waals surface area contributed by atoms with Gasteiger partial charge in [0.2, 0.25) is 0 Å². The number of rotatable bonds is 5. The number of ether oxygens (including phenoxy) is 1. The van der Waals surface area contributed by atoms with Crippen molar-refractivity contribution in [3.8, 4) is 0 Å². The van der Waals surface area contributed by atoms with Gasteiger partial charge in [-0.25, -0.2) is 4.39 Å². The van der Waals surface area contributed by atoms with Gasteiger partial charge in [0.15, 0.2) is 5.96 Å². The van der Waals surface area contributed by atoms with Gasteiger partial charge in [-0.1, -0.05) is 42.5 Å². The molecular formula is C21H27FIN3O. The third-order valence-corrected chi connectivity index (χ3v) is 5.03. The van der Waals surface area contributed by atoms with Crippen molar-refractivity contribution in [3.63, 3.8) is 0 Å². The van der Waals surface area contributed by atoms with Crippen LogP contribution in [0.4, 0.5) is 4.39 Å². The van der Waals surface area contributed by atoms with Crippen molar-refractivity contribution in [1.29, 1.82) is 0 Å². The zero-order valence-corrected chi connectivity index (χ0v) is 17.9. The summed E-state index contributed by atoms with van der Waals surface area (Å²) in [6.07, 6.45) is 1.97. The molecule has 27 heavy (non-hydrogen) atoms. The van der Waals surface area contributed by atoms with Gasteiger partial charge >= 0.3 is 0 Å². The minimum atomic E-state index is -0.222. The van der Waals surface area contributed by atoms with Crippen LogP contribution in [-0.2, 0) is 16.7 Å². The van der Waals surface area contributed by atoms with Gasteiger partial charge < -0.3 is 15.4 Å². The molecule has 1 saturated heterocycles. The molecule has 0 spiro atoms. The largest absolute Gasteiger partial charge is 0.381 e. The molecule has 1 aliphatic rings. The molecule has 2 N–H and O–H groups in total. The van der Waals surface area contributed by atoms with Crippen LogP contribution in [0.2, 0.25) is 0 Å². The predicted octanol–water partition coefficient (Wildman–Crippen LogP) is 3.86. The summed E-state index contributed by atoms with van der Waals surface area (Å²) in [5.41, 5.74) is 2.40. The van der Waals surface area contributed by atoms with Crippen LogP contribution in [0.3, 0.4) is 0 Å². The molecule has 2 aromatic carbocycles. The summed E-state index contributed by atoms with van der Waals surface area (Å²) >= 11 is 0. The van der Waals surface area contributed by atoms with Crippen molar-refractivity contribution < 1.29 is 9.13 Å². The van der Waals surface area contributed by atoms with Gasteiger partial charge in [0, 0.05) is 38.8 Å². The smallest absolute Gasteiger partial charge is 0.191 e. The fourth-order valence-electron chi connectivity index (χ4n) is 3.38. The van der Waals surface area contributed by atoms with Gasteiger partial charge in [0.05, 0.1) is 0 Å². The van der Waals surface area contributed by atoms with Crippen molar-refractivity contribution >= 4 is 29.9 Å². The first kappa shape index (κ1) is 21.6. The monoisotopic (exact) mass is 483 g/mol. The van der Waals surface area contributed by atoms with Crippen LogP contribution in [-0.4, -0.2) is 32.8 Å². The van der Waals surface area contributed by atoms with Crippen molar-refractivity contribution in [1.82, 2.24) is 10.6 Å². The molecular weight excluding hydrogens is 456 g/mol. The molecule has 2 aromatic rings. The molecule has 0 aliphatic carbocycles. The molecule has 0 unspecified atom stereocenters. The SMILES string of the molecule is CN=C(NCc1ccc(F)cc1)NCC1(c2ccccc2)CCOCC1.I. The Morgan fingerprint density at radius 2 is 1.70 bits per heavy atom. The highest BCUT2D eigenvalue weighted by atomic mass is 127. The molecule has 0 radical (unpaired) electrons. The lowest BCUT2D eigenvalue weighted by Gasteiger charge is -2.38. The molecule has 146 valence electrons. The number of aliphatic imine (C=N–C) groups is 1. The molecule has 0 atom stereocenters. The lowest BCUT2D eigenvalue weighted by Crippen LogP contribution is -2.47. The topological polar surface area (TPSA) is 45.7 Å². The zero-order valence-electron chi connectivity index (χ0n) is 15.6. The van der Waals surface area contributed by atoms with Crippen LogP contribution < -0.4 is 10.6 Å². The van der Waals surface area contributed by atoms with Gasteiger partial charge in [-0.3, -0.25) is 4.99 Å². The Morgan fingerprint density at radius 1 is 1.04 bits per heavy atom. The van der Waals surface area contributed by atoms with Crippen molar-refractivity contribution in [2.45, 2.75) is 24.8 Å². The molecule has 1 fully saturated rings. The van der Waals surface area contributed by atoms with E-state index in [2.05, 4.69) is 39.9 Å². The van der Waals surface area contributed by atoms with E-state index >= 15 is 0 Å². The van der Waals surface area contributed by atoms with E-state index in [-0.39, 0.29) is 35.2 Å². The van der Waals surface area contributed by atoms with Gasteiger partial charge in [-0.2, -0.15) is 0 Å². The second-order valence-electron chi connectivity index (χ2n) is 6.66. The quantitative estimate of drug-likeness (QED) is 0.386. The maximum atomic E-state index is 13.0. The highest BCUT2D eigenvalue weighted by molar-refractivity contribution is 14.0. The molecule has 6 heteroatoms. The van der Waals surface area contributed by atoms with E-state index in [1.807, 2.05) is 6.07 Å². The van der Waals surface area contributed by atoms with Crippen LogP contribution in [0.15, 0.2) is 59.6 Å².